The average molecular weight is 257 g/mol. The molecule has 0 aliphatic rings. The van der Waals surface area contributed by atoms with Crippen LogP contribution in [0.2, 0.25) is 0 Å². The van der Waals surface area contributed by atoms with E-state index in [-0.39, 0.29) is 0 Å². The normalized spacial score (nSPS) is 14.4. The minimum Gasteiger partial charge on any atom is -0.480 e. The fraction of sp³-hybridized carbons (Fsp3) is 0.636. The predicted octanol–water partition coefficient (Wildman–Crippen LogP) is 1.71. The van der Waals surface area contributed by atoms with Gasteiger partial charge in [0.2, 0.25) is 0 Å². The summed E-state index contributed by atoms with van der Waals surface area (Å²) in [5, 5.41) is 11.3. The van der Waals surface area contributed by atoms with E-state index in [1.165, 1.54) is 11.3 Å². The van der Waals surface area contributed by atoms with E-state index in [4.69, 9.17) is 10.8 Å². The molecule has 0 spiro atoms. The zero-order valence-corrected chi connectivity index (χ0v) is 11.2. The quantitative estimate of drug-likeness (QED) is 0.811. The van der Waals surface area contributed by atoms with E-state index in [0.717, 1.165) is 18.1 Å². The van der Waals surface area contributed by atoms with Gasteiger partial charge in [-0.15, -0.1) is 11.3 Å². The molecule has 6 heteroatoms. The fourth-order valence-corrected chi connectivity index (χ4v) is 2.23. The van der Waals surface area contributed by atoms with Crippen LogP contribution in [0.15, 0.2) is 5.38 Å². The molecule has 0 bridgehead atoms. The first-order valence-electron chi connectivity index (χ1n) is 5.60. The molecule has 17 heavy (non-hydrogen) atoms. The van der Waals surface area contributed by atoms with Crippen LogP contribution in [0.1, 0.15) is 32.0 Å². The summed E-state index contributed by atoms with van der Waals surface area (Å²) >= 11 is 1.43. The first kappa shape index (κ1) is 13.9. The van der Waals surface area contributed by atoms with Crippen LogP contribution in [-0.2, 0) is 4.79 Å². The van der Waals surface area contributed by atoms with Gasteiger partial charge in [-0.3, -0.25) is 4.79 Å². The molecule has 0 saturated carbocycles. The largest absolute Gasteiger partial charge is 0.480 e. The van der Waals surface area contributed by atoms with Gasteiger partial charge in [-0.25, -0.2) is 4.98 Å². The smallest absolute Gasteiger partial charge is 0.326 e. The van der Waals surface area contributed by atoms with Crippen LogP contribution < -0.4 is 10.6 Å². The Balaban J connectivity index is 2.70. The molecule has 3 N–H and O–H groups in total. The summed E-state index contributed by atoms with van der Waals surface area (Å²) in [6.45, 7) is 5.23. The Morgan fingerprint density at radius 1 is 1.71 bits per heavy atom. The third-order valence-electron chi connectivity index (χ3n) is 2.70. The first-order valence-corrected chi connectivity index (χ1v) is 6.48. The highest BCUT2D eigenvalue weighted by atomic mass is 32.1. The summed E-state index contributed by atoms with van der Waals surface area (Å²) in [6.07, 6.45) is 1.11. The average Bonchev–Trinajstić information content (AvgIpc) is 2.76. The lowest BCUT2D eigenvalue weighted by Crippen LogP contribution is -2.24. The minimum atomic E-state index is -1.05. The van der Waals surface area contributed by atoms with Crippen LogP contribution in [0.4, 0.5) is 5.13 Å². The zero-order chi connectivity index (χ0) is 13.0. The lowest BCUT2D eigenvalue weighted by Gasteiger charge is -2.19. The summed E-state index contributed by atoms with van der Waals surface area (Å²) < 4.78 is 0. The summed E-state index contributed by atoms with van der Waals surface area (Å²) in [5.41, 5.74) is 5.93. The highest BCUT2D eigenvalue weighted by Crippen LogP contribution is 2.23. The number of carboxylic acids is 1. The molecular formula is C11H19N3O2S. The van der Waals surface area contributed by atoms with Gasteiger partial charge in [0.05, 0.1) is 5.69 Å². The highest BCUT2D eigenvalue weighted by Gasteiger charge is 2.19. The Bertz CT molecular complexity index is 381. The number of aliphatic carboxylic acids is 1. The van der Waals surface area contributed by atoms with Crippen molar-refractivity contribution in [2.45, 2.75) is 26.3 Å². The van der Waals surface area contributed by atoms with Crippen molar-refractivity contribution in [2.24, 2.45) is 11.7 Å². The molecule has 96 valence electrons. The molecule has 0 fully saturated rings. The van der Waals surface area contributed by atoms with E-state index in [1.807, 2.05) is 11.9 Å². The molecule has 0 aromatic carbocycles. The monoisotopic (exact) mass is 257 g/mol. The van der Waals surface area contributed by atoms with E-state index in [1.54, 1.807) is 5.38 Å². The number of carboxylic acid groups (broad SMARTS) is 1. The predicted molar refractivity (Wildman–Crippen MR) is 69.4 cm³/mol. The van der Waals surface area contributed by atoms with Gasteiger partial charge < -0.3 is 15.7 Å². The SMILES string of the molecule is CCC(C)CN(C)c1nc(C(N)C(=O)O)cs1. The lowest BCUT2D eigenvalue weighted by molar-refractivity contribution is -0.138. The van der Waals surface area contributed by atoms with Crippen molar-refractivity contribution in [3.05, 3.63) is 11.1 Å². The molecule has 0 aliphatic heterocycles. The first-order chi connectivity index (χ1) is 7.95. The van der Waals surface area contributed by atoms with Crippen LogP contribution in [0, 0.1) is 5.92 Å². The maximum atomic E-state index is 10.7. The van der Waals surface area contributed by atoms with Gasteiger partial charge in [-0.1, -0.05) is 20.3 Å². The molecule has 1 rings (SSSR count). The van der Waals surface area contributed by atoms with Gasteiger partial charge >= 0.3 is 5.97 Å². The van der Waals surface area contributed by atoms with Gasteiger partial charge in [0.25, 0.3) is 0 Å². The standard InChI is InChI=1S/C11H19N3O2S/c1-4-7(2)5-14(3)11-13-8(6-17-11)9(12)10(15)16/h6-7,9H,4-5,12H2,1-3H3,(H,15,16). The zero-order valence-electron chi connectivity index (χ0n) is 10.4. The molecule has 1 aromatic heterocycles. The molecular weight excluding hydrogens is 238 g/mol. The third-order valence-corrected chi connectivity index (χ3v) is 3.68. The van der Waals surface area contributed by atoms with Crippen LogP contribution in [0.25, 0.3) is 0 Å². The van der Waals surface area contributed by atoms with Crippen molar-refractivity contribution in [3.63, 3.8) is 0 Å². The van der Waals surface area contributed by atoms with Gasteiger partial charge in [-0.2, -0.15) is 0 Å². The number of nitrogens with zero attached hydrogens (tertiary/aromatic N) is 2. The number of rotatable bonds is 6. The van der Waals surface area contributed by atoms with Crippen molar-refractivity contribution < 1.29 is 9.90 Å². The second-order valence-electron chi connectivity index (χ2n) is 4.26. The maximum absolute atomic E-state index is 10.7. The van der Waals surface area contributed by atoms with E-state index in [2.05, 4.69) is 18.8 Å². The number of anilines is 1. The van der Waals surface area contributed by atoms with E-state index in [0.29, 0.717) is 11.6 Å². The number of aromatic nitrogens is 1. The number of nitrogens with two attached hydrogens (primary N) is 1. The van der Waals surface area contributed by atoms with Gasteiger partial charge in [0, 0.05) is 19.0 Å². The van der Waals surface area contributed by atoms with Crippen molar-refractivity contribution >= 4 is 22.4 Å². The molecule has 2 unspecified atom stereocenters. The van der Waals surface area contributed by atoms with E-state index in [9.17, 15) is 4.79 Å². The Hall–Kier alpha value is -1.14. The summed E-state index contributed by atoms with van der Waals surface area (Å²) in [6, 6.07) is -1.03. The Kier molecular flexibility index (Phi) is 4.89. The Morgan fingerprint density at radius 2 is 2.35 bits per heavy atom. The highest BCUT2D eigenvalue weighted by molar-refractivity contribution is 7.13. The fourth-order valence-electron chi connectivity index (χ4n) is 1.40. The van der Waals surface area contributed by atoms with Gasteiger partial charge in [0.15, 0.2) is 5.13 Å². The van der Waals surface area contributed by atoms with E-state index >= 15 is 0 Å². The molecule has 0 radical (unpaired) electrons. The van der Waals surface area contributed by atoms with Crippen LogP contribution in [0.5, 0.6) is 0 Å². The van der Waals surface area contributed by atoms with Crippen molar-refractivity contribution in [1.29, 1.82) is 0 Å². The molecule has 1 heterocycles. The summed E-state index contributed by atoms with van der Waals surface area (Å²) in [7, 11) is 1.96. The van der Waals surface area contributed by atoms with Crippen LogP contribution >= 0.6 is 11.3 Å². The molecule has 0 saturated heterocycles. The maximum Gasteiger partial charge on any atom is 0.326 e. The van der Waals surface area contributed by atoms with Crippen molar-refractivity contribution in [3.8, 4) is 0 Å². The topological polar surface area (TPSA) is 79.5 Å². The summed E-state index contributed by atoms with van der Waals surface area (Å²) in [5.74, 6) is -0.466. The van der Waals surface area contributed by atoms with Gasteiger partial charge in [-0.05, 0) is 5.92 Å². The van der Waals surface area contributed by atoms with Crippen LogP contribution in [-0.4, -0.2) is 29.7 Å². The summed E-state index contributed by atoms with van der Waals surface area (Å²) in [4.78, 5) is 17.0. The van der Waals surface area contributed by atoms with Crippen LogP contribution in [0.3, 0.4) is 0 Å². The Morgan fingerprint density at radius 3 is 2.88 bits per heavy atom. The minimum absolute atomic E-state index is 0.425. The molecule has 1 aromatic rings. The number of hydrogen-bond acceptors (Lipinski definition) is 5. The third kappa shape index (κ3) is 3.67. The number of thiazole rings is 1. The second kappa shape index (κ2) is 5.97. The van der Waals surface area contributed by atoms with Gasteiger partial charge in [0.1, 0.15) is 6.04 Å². The number of hydrogen-bond donors (Lipinski definition) is 2. The number of carbonyl (C=O) groups is 1. The molecule has 5 nitrogen and oxygen atoms in total. The van der Waals surface area contributed by atoms with Crippen molar-refractivity contribution in [1.82, 2.24) is 4.98 Å². The second-order valence-corrected chi connectivity index (χ2v) is 5.10. The molecule has 2 atom stereocenters. The lowest BCUT2D eigenvalue weighted by atomic mass is 10.1. The Labute approximate surface area is 105 Å². The van der Waals surface area contributed by atoms with E-state index < -0.39 is 12.0 Å². The van der Waals surface area contributed by atoms with Crippen molar-refractivity contribution in [2.75, 3.05) is 18.5 Å². The molecule has 0 amide bonds. The molecule has 0 aliphatic carbocycles.